The third-order valence-electron chi connectivity index (χ3n) is 3.56. The summed E-state index contributed by atoms with van der Waals surface area (Å²) in [7, 11) is 1.70. The van der Waals surface area contributed by atoms with Crippen molar-refractivity contribution < 1.29 is 9.59 Å². The number of carbonyl (C=O) groups excluding carboxylic acids is 2. The Morgan fingerprint density at radius 1 is 1.09 bits per heavy atom. The van der Waals surface area contributed by atoms with E-state index < -0.39 is 0 Å². The summed E-state index contributed by atoms with van der Waals surface area (Å²) < 4.78 is 2.07. The number of imide groups is 1. The zero-order valence-electron chi connectivity index (χ0n) is 12.9. The molecule has 2 amide bonds. The third kappa shape index (κ3) is 4.61. The quantitative estimate of drug-likeness (QED) is 0.447. The molecule has 0 unspecified atom stereocenters. The van der Waals surface area contributed by atoms with E-state index >= 15 is 0 Å². The average molecular weight is 305 g/mol. The number of nitrogens with zero attached hydrogens (tertiary/aromatic N) is 3. The fourth-order valence-electron chi connectivity index (χ4n) is 2.38. The van der Waals surface area contributed by atoms with E-state index in [2.05, 4.69) is 20.2 Å². The van der Waals surface area contributed by atoms with Crippen molar-refractivity contribution in [3.05, 3.63) is 24.5 Å². The van der Waals surface area contributed by atoms with Gasteiger partial charge >= 0.3 is 0 Å². The van der Waals surface area contributed by atoms with Gasteiger partial charge in [-0.25, -0.2) is 0 Å². The molecule has 1 aromatic heterocycles. The fraction of sp³-hybridized carbons (Fsp3) is 0.533. The van der Waals surface area contributed by atoms with Crippen molar-refractivity contribution in [1.82, 2.24) is 20.1 Å². The fourth-order valence-corrected chi connectivity index (χ4v) is 2.38. The number of carbonyl (C=O) groups is 2. The molecule has 0 aromatic carbocycles. The minimum absolute atomic E-state index is 0.0754. The molecular formula is C15H23N5O2. The molecule has 2 N–H and O–H groups in total. The minimum Gasteiger partial charge on any atom is -0.355 e. The lowest BCUT2D eigenvalue weighted by Gasteiger charge is -2.25. The Morgan fingerprint density at radius 2 is 1.68 bits per heavy atom. The third-order valence-corrected chi connectivity index (χ3v) is 3.56. The lowest BCUT2D eigenvalue weighted by atomic mass is 10.1. The number of amides is 2. The number of aromatic nitrogens is 1. The SMILES string of the molecule is CN=C(NCCN1C(=O)CCCC1=O)NCCn1cccc1. The smallest absolute Gasteiger partial charge is 0.229 e. The monoisotopic (exact) mass is 305 g/mol. The largest absolute Gasteiger partial charge is 0.355 e. The number of hydrogen-bond acceptors (Lipinski definition) is 3. The van der Waals surface area contributed by atoms with Gasteiger partial charge in [-0.05, 0) is 18.6 Å². The second-order valence-corrected chi connectivity index (χ2v) is 5.14. The molecule has 1 aliphatic rings. The number of aliphatic imine (C=N–C) groups is 1. The highest BCUT2D eigenvalue weighted by Crippen LogP contribution is 2.11. The highest BCUT2D eigenvalue weighted by atomic mass is 16.2. The van der Waals surface area contributed by atoms with Gasteiger partial charge in [0.2, 0.25) is 11.8 Å². The lowest BCUT2D eigenvalue weighted by molar-refractivity contribution is -0.147. The predicted molar refractivity (Wildman–Crippen MR) is 84.4 cm³/mol. The van der Waals surface area contributed by atoms with Gasteiger partial charge in [0, 0.05) is 58.5 Å². The Kier molecular flexibility index (Phi) is 6.00. The first kappa shape index (κ1) is 16.1. The highest BCUT2D eigenvalue weighted by Gasteiger charge is 2.25. The molecule has 0 spiro atoms. The maximum atomic E-state index is 11.7. The predicted octanol–water partition coefficient (Wildman–Crippen LogP) is 0.192. The first-order chi connectivity index (χ1) is 10.7. The van der Waals surface area contributed by atoms with E-state index in [1.165, 1.54) is 4.90 Å². The van der Waals surface area contributed by atoms with Gasteiger partial charge in [0.25, 0.3) is 0 Å². The zero-order valence-corrected chi connectivity index (χ0v) is 12.9. The topological polar surface area (TPSA) is 78.7 Å². The molecule has 7 nitrogen and oxygen atoms in total. The highest BCUT2D eigenvalue weighted by molar-refractivity contribution is 5.97. The molecule has 22 heavy (non-hydrogen) atoms. The number of nitrogens with one attached hydrogen (secondary N) is 2. The second-order valence-electron chi connectivity index (χ2n) is 5.14. The van der Waals surface area contributed by atoms with Gasteiger partial charge < -0.3 is 15.2 Å². The first-order valence-electron chi connectivity index (χ1n) is 7.59. The second kappa shape index (κ2) is 8.21. The van der Waals surface area contributed by atoms with Crippen molar-refractivity contribution >= 4 is 17.8 Å². The van der Waals surface area contributed by atoms with Crippen LogP contribution in [0.1, 0.15) is 19.3 Å². The van der Waals surface area contributed by atoms with Gasteiger partial charge in [-0.15, -0.1) is 0 Å². The molecule has 2 heterocycles. The molecule has 2 rings (SSSR count). The average Bonchev–Trinajstić information content (AvgIpc) is 3.01. The van der Waals surface area contributed by atoms with Crippen LogP contribution in [0.5, 0.6) is 0 Å². The summed E-state index contributed by atoms with van der Waals surface area (Å²) in [6, 6.07) is 3.97. The van der Waals surface area contributed by atoms with E-state index in [-0.39, 0.29) is 11.8 Å². The van der Waals surface area contributed by atoms with Gasteiger partial charge in [-0.2, -0.15) is 0 Å². The molecule has 0 aliphatic carbocycles. The summed E-state index contributed by atoms with van der Waals surface area (Å²) in [6.07, 6.45) is 5.62. The molecule has 0 atom stereocenters. The van der Waals surface area contributed by atoms with Crippen LogP contribution in [-0.4, -0.2) is 53.9 Å². The van der Waals surface area contributed by atoms with Crippen molar-refractivity contribution in [3.8, 4) is 0 Å². The van der Waals surface area contributed by atoms with Gasteiger partial charge in [-0.1, -0.05) is 0 Å². The maximum Gasteiger partial charge on any atom is 0.229 e. The number of hydrogen-bond donors (Lipinski definition) is 2. The van der Waals surface area contributed by atoms with E-state index in [0.29, 0.717) is 38.3 Å². The standard InChI is InChI=1S/C15H23N5O2/c1-16-15(17-7-11-19-9-2-3-10-19)18-8-12-20-13(21)5-4-6-14(20)22/h2-3,9-10H,4-8,11-12H2,1H3,(H2,16,17,18). The molecule has 1 fully saturated rings. The van der Waals surface area contributed by atoms with Crippen molar-refractivity contribution in [2.24, 2.45) is 4.99 Å². The first-order valence-corrected chi connectivity index (χ1v) is 7.59. The number of piperidine rings is 1. The van der Waals surface area contributed by atoms with Crippen molar-refractivity contribution in [2.45, 2.75) is 25.8 Å². The van der Waals surface area contributed by atoms with Crippen molar-refractivity contribution in [1.29, 1.82) is 0 Å². The molecule has 1 aliphatic heterocycles. The Balaban J connectivity index is 1.67. The van der Waals surface area contributed by atoms with Gasteiger partial charge in [0.1, 0.15) is 0 Å². The van der Waals surface area contributed by atoms with Crippen LogP contribution >= 0.6 is 0 Å². The Morgan fingerprint density at radius 3 is 2.27 bits per heavy atom. The van der Waals surface area contributed by atoms with Crippen LogP contribution in [0.2, 0.25) is 0 Å². The van der Waals surface area contributed by atoms with E-state index in [1.807, 2.05) is 24.5 Å². The van der Waals surface area contributed by atoms with E-state index in [9.17, 15) is 9.59 Å². The van der Waals surface area contributed by atoms with Crippen LogP contribution in [0.25, 0.3) is 0 Å². The Bertz CT molecular complexity index is 508. The summed E-state index contributed by atoms with van der Waals surface area (Å²) >= 11 is 0. The zero-order chi connectivity index (χ0) is 15.8. The molecule has 7 heteroatoms. The molecule has 0 saturated carbocycles. The molecule has 0 radical (unpaired) electrons. The number of rotatable bonds is 6. The normalized spacial score (nSPS) is 16.0. The maximum absolute atomic E-state index is 11.7. The van der Waals surface area contributed by atoms with Gasteiger partial charge in [0.05, 0.1) is 0 Å². The molecule has 0 bridgehead atoms. The summed E-state index contributed by atoms with van der Waals surface area (Å²) in [5.74, 6) is 0.520. The van der Waals surface area contributed by atoms with Crippen LogP contribution in [0.3, 0.4) is 0 Å². The molecular weight excluding hydrogens is 282 g/mol. The van der Waals surface area contributed by atoms with Crippen LogP contribution < -0.4 is 10.6 Å². The van der Waals surface area contributed by atoms with Gasteiger partial charge in [-0.3, -0.25) is 19.5 Å². The Labute approximate surface area is 130 Å². The molecule has 1 aromatic rings. The summed E-state index contributed by atoms with van der Waals surface area (Å²) in [6.45, 7) is 2.48. The van der Waals surface area contributed by atoms with E-state index in [4.69, 9.17) is 0 Å². The van der Waals surface area contributed by atoms with E-state index in [1.54, 1.807) is 7.05 Å². The van der Waals surface area contributed by atoms with Crippen LogP contribution in [0.4, 0.5) is 0 Å². The summed E-state index contributed by atoms with van der Waals surface area (Å²) in [5.41, 5.74) is 0. The van der Waals surface area contributed by atoms with Gasteiger partial charge in [0.15, 0.2) is 5.96 Å². The van der Waals surface area contributed by atoms with Crippen molar-refractivity contribution in [3.63, 3.8) is 0 Å². The van der Waals surface area contributed by atoms with Crippen LogP contribution in [0.15, 0.2) is 29.5 Å². The Hall–Kier alpha value is -2.31. The number of guanidine groups is 1. The van der Waals surface area contributed by atoms with E-state index in [0.717, 1.165) is 13.1 Å². The molecule has 120 valence electrons. The van der Waals surface area contributed by atoms with Crippen LogP contribution in [0, 0.1) is 0 Å². The minimum atomic E-state index is -0.0754. The lowest BCUT2D eigenvalue weighted by Crippen LogP contribution is -2.46. The number of likely N-dealkylation sites (tertiary alicyclic amines) is 1. The molecule has 1 saturated heterocycles. The van der Waals surface area contributed by atoms with Crippen LogP contribution in [-0.2, 0) is 16.1 Å². The van der Waals surface area contributed by atoms with Crippen molar-refractivity contribution in [2.75, 3.05) is 26.7 Å². The summed E-state index contributed by atoms with van der Waals surface area (Å²) in [5, 5.41) is 6.32. The summed E-state index contributed by atoms with van der Waals surface area (Å²) in [4.78, 5) is 28.8.